The highest BCUT2D eigenvalue weighted by Gasteiger charge is 2.07. The SMILES string of the molecule is C=CC(=O)OC(Cl)CCCCCCCCCCC.c1ccncc1. The fraction of sp³-hybridized carbons (Fsp3) is 0.600. The second kappa shape index (κ2) is 18.0. The Balaban J connectivity index is 0.000000728. The van der Waals surface area contributed by atoms with E-state index in [0.29, 0.717) is 0 Å². The molecular formula is C20H32ClNO2. The summed E-state index contributed by atoms with van der Waals surface area (Å²) in [6.07, 6.45) is 16.9. The number of esters is 1. The summed E-state index contributed by atoms with van der Waals surface area (Å²) < 4.78 is 4.88. The van der Waals surface area contributed by atoms with Gasteiger partial charge in [-0.05, 0) is 25.0 Å². The van der Waals surface area contributed by atoms with Gasteiger partial charge in [-0.25, -0.2) is 4.79 Å². The first kappa shape index (κ1) is 22.6. The monoisotopic (exact) mass is 353 g/mol. The Morgan fingerprint density at radius 3 is 2.00 bits per heavy atom. The van der Waals surface area contributed by atoms with Gasteiger partial charge in [0.1, 0.15) is 0 Å². The molecule has 0 saturated heterocycles. The van der Waals surface area contributed by atoms with Crippen molar-refractivity contribution in [2.24, 2.45) is 0 Å². The van der Waals surface area contributed by atoms with Crippen LogP contribution in [0.1, 0.15) is 71.1 Å². The van der Waals surface area contributed by atoms with Gasteiger partial charge in [0, 0.05) is 18.5 Å². The third-order valence-corrected chi connectivity index (χ3v) is 3.82. The summed E-state index contributed by atoms with van der Waals surface area (Å²) in [4.78, 5) is 14.6. The number of hydrogen-bond donors (Lipinski definition) is 0. The van der Waals surface area contributed by atoms with E-state index in [-0.39, 0.29) is 0 Å². The molecule has 1 aromatic heterocycles. The molecule has 24 heavy (non-hydrogen) atoms. The lowest BCUT2D eigenvalue weighted by atomic mass is 10.1. The van der Waals surface area contributed by atoms with Gasteiger partial charge in [0.15, 0.2) is 5.56 Å². The number of pyridine rings is 1. The van der Waals surface area contributed by atoms with E-state index in [9.17, 15) is 4.79 Å². The Labute approximate surface area is 152 Å². The second-order valence-electron chi connectivity index (χ2n) is 5.69. The van der Waals surface area contributed by atoms with Crippen molar-refractivity contribution >= 4 is 17.6 Å². The predicted molar refractivity (Wildman–Crippen MR) is 102 cm³/mol. The van der Waals surface area contributed by atoms with E-state index in [0.717, 1.165) is 18.9 Å². The van der Waals surface area contributed by atoms with Crippen LogP contribution in [0.25, 0.3) is 0 Å². The standard InChI is InChI=1S/C15H27ClO2.C5H5N/c1-3-5-6-7-8-9-10-11-12-13-14(16)18-15(17)4-2;1-2-4-6-5-3-1/h4,14H,2-3,5-13H2,1H3;1-5H. The zero-order valence-corrected chi connectivity index (χ0v) is 15.7. The average molecular weight is 354 g/mol. The fourth-order valence-electron chi connectivity index (χ4n) is 2.16. The van der Waals surface area contributed by atoms with Crippen LogP contribution in [-0.4, -0.2) is 16.5 Å². The summed E-state index contributed by atoms with van der Waals surface area (Å²) in [5, 5.41) is 0. The molecule has 3 nitrogen and oxygen atoms in total. The maximum atomic E-state index is 10.9. The highest BCUT2D eigenvalue weighted by Crippen LogP contribution is 2.14. The van der Waals surface area contributed by atoms with Crippen LogP contribution in [0, 0.1) is 0 Å². The Morgan fingerprint density at radius 2 is 1.58 bits per heavy atom. The van der Waals surface area contributed by atoms with Crippen molar-refractivity contribution < 1.29 is 9.53 Å². The van der Waals surface area contributed by atoms with Crippen molar-refractivity contribution in [3.63, 3.8) is 0 Å². The van der Waals surface area contributed by atoms with E-state index in [4.69, 9.17) is 16.3 Å². The van der Waals surface area contributed by atoms with Crippen molar-refractivity contribution in [2.45, 2.75) is 76.7 Å². The van der Waals surface area contributed by atoms with Crippen molar-refractivity contribution in [1.82, 2.24) is 4.98 Å². The van der Waals surface area contributed by atoms with Gasteiger partial charge < -0.3 is 4.74 Å². The number of halogens is 1. The van der Waals surface area contributed by atoms with Gasteiger partial charge in [-0.2, -0.15) is 0 Å². The average Bonchev–Trinajstić information content (AvgIpc) is 2.62. The first-order chi connectivity index (χ1) is 11.7. The number of rotatable bonds is 12. The maximum Gasteiger partial charge on any atom is 0.331 e. The summed E-state index contributed by atoms with van der Waals surface area (Å²) in [5.41, 5.74) is -0.500. The van der Waals surface area contributed by atoms with Gasteiger partial charge in [0.2, 0.25) is 0 Å². The number of carbonyl (C=O) groups excluding carboxylic acids is 1. The summed E-state index contributed by atoms with van der Waals surface area (Å²) >= 11 is 5.86. The largest absolute Gasteiger partial charge is 0.443 e. The number of nitrogens with zero attached hydrogens (tertiary/aromatic N) is 1. The normalized spacial score (nSPS) is 11.1. The minimum atomic E-state index is -0.500. The van der Waals surface area contributed by atoms with Crippen LogP contribution in [0.2, 0.25) is 0 Å². The fourth-order valence-corrected chi connectivity index (χ4v) is 2.40. The third-order valence-electron chi connectivity index (χ3n) is 3.51. The Bertz CT molecular complexity index is 371. The quantitative estimate of drug-likeness (QED) is 0.192. The summed E-state index contributed by atoms with van der Waals surface area (Å²) in [6, 6.07) is 5.72. The predicted octanol–water partition coefficient (Wildman–Crippen LogP) is 6.28. The molecule has 0 aliphatic heterocycles. The molecule has 0 saturated carbocycles. The zero-order chi connectivity index (χ0) is 17.9. The summed E-state index contributed by atoms with van der Waals surface area (Å²) in [7, 11) is 0. The Hall–Kier alpha value is -1.35. The highest BCUT2D eigenvalue weighted by molar-refractivity contribution is 6.20. The lowest BCUT2D eigenvalue weighted by Crippen LogP contribution is -2.09. The molecule has 1 aromatic rings. The van der Waals surface area contributed by atoms with Crippen LogP contribution in [0.15, 0.2) is 43.2 Å². The van der Waals surface area contributed by atoms with Crippen molar-refractivity contribution in [3.8, 4) is 0 Å². The molecular weight excluding hydrogens is 322 g/mol. The van der Waals surface area contributed by atoms with E-state index in [1.807, 2.05) is 18.2 Å². The molecule has 1 atom stereocenters. The van der Waals surface area contributed by atoms with E-state index in [1.54, 1.807) is 12.4 Å². The number of aromatic nitrogens is 1. The van der Waals surface area contributed by atoms with Crippen molar-refractivity contribution in [1.29, 1.82) is 0 Å². The zero-order valence-electron chi connectivity index (χ0n) is 15.0. The number of unbranched alkanes of at least 4 members (excludes halogenated alkanes) is 8. The van der Waals surface area contributed by atoms with Crippen LogP contribution in [0.3, 0.4) is 0 Å². The van der Waals surface area contributed by atoms with Crippen LogP contribution in [-0.2, 0) is 9.53 Å². The molecule has 0 aliphatic carbocycles. The van der Waals surface area contributed by atoms with Crippen LogP contribution in [0.4, 0.5) is 0 Å². The lowest BCUT2D eigenvalue weighted by molar-refractivity contribution is -0.139. The molecule has 1 rings (SSSR count). The molecule has 0 spiro atoms. The smallest absolute Gasteiger partial charge is 0.331 e. The highest BCUT2D eigenvalue weighted by atomic mass is 35.5. The van der Waals surface area contributed by atoms with Crippen LogP contribution >= 0.6 is 11.6 Å². The number of ether oxygens (including phenoxy) is 1. The van der Waals surface area contributed by atoms with Crippen molar-refractivity contribution in [2.75, 3.05) is 0 Å². The topological polar surface area (TPSA) is 39.2 Å². The molecule has 0 amide bonds. The molecule has 0 bridgehead atoms. The first-order valence-electron chi connectivity index (χ1n) is 9.02. The molecule has 0 aromatic carbocycles. The Morgan fingerprint density at radius 1 is 1.04 bits per heavy atom. The van der Waals surface area contributed by atoms with E-state index in [1.165, 1.54) is 51.4 Å². The minimum Gasteiger partial charge on any atom is -0.443 e. The van der Waals surface area contributed by atoms with E-state index < -0.39 is 11.5 Å². The third kappa shape index (κ3) is 17.0. The van der Waals surface area contributed by atoms with E-state index >= 15 is 0 Å². The second-order valence-corrected chi connectivity index (χ2v) is 6.18. The summed E-state index contributed by atoms with van der Waals surface area (Å²) in [5.74, 6) is -0.439. The maximum absolute atomic E-state index is 10.9. The van der Waals surface area contributed by atoms with Gasteiger partial charge in [0.25, 0.3) is 0 Å². The lowest BCUT2D eigenvalue weighted by Gasteiger charge is -2.09. The molecule has 136 valence electrons. The van der Waals surface area contributed by atoms with E-state index in [2.05, 4.69) is 18.5 Å². The molecule has 1 unspecified atom stereocenters. The summed E-state index contributed by atoms with van der Waals surface area (Å²) in [6.45, 7) is 5.57. The first-order valence-corrected chi connectivity index (χ1v) is 9.46. The molecule has 0 aliphatic rings. The molecule has 1 heterocycles. The van der Waals surface area contributed by atoms with Gasteiger partial charge in [-0.3, -0.25) is 4.98 Å². The number of hydrogen-bond acceptors (Lipinski definition) is 3. The molecule has 4 heteroatoms. The molecule has 0 fully saturated rings. The minimum absolute atomic E-state index is 0.439. The van der Waals surface area contributed by atoms with Crippen LogP contribution < -0.4 is 0 Å². The van der Waals surface area contributed by atoms with Crippen molar-refractivity contribution in [3.05, 3.63) is 43.2 Å². The number of carbonyl (C=O) groups is 1. The van der Waals surface area contributed by atoms with Gasteiger partial charge in [-0.15, -0.1) is 0 Å². The van der Waals surface area contributed by atoms with Gasteiger partial charge in [0.05, 0.1) is 0 Å². The molecule has 0 N–H and O–H groups in total. The Kier molecular flexibility index (Phi) is 17.0. The molecule has 0 radical (unpaired) electrons. The number of alkyl halides is 1. The van der Waals surface area contributed by atoms with Crippen LogP contribution in [0.5, 0.6) is 0 Å². The van der Waals surface area contributed by atoms with Gasteiger partial charge >= 0.3 is 5.97 Å². The van der Waals surface area contributed by atoms with Gasteiger partial charge in [-0.1, -0.05) is 82.5 Å².